The Balaban J connectivity index is 2.32. The molecule has 0 bridgehead atoms. The minimum absolute atomic E-state index is 0.629. The zero-order chi connectivity index (χ0) is 11.8. The van der Waals surface area contributed by atoms with Crippen LogP contribution in [0.1, 0.15) is 5.69 Å². The molecule has 0 atom stereocenters. The molecule has 2 aromatic heterocycles. The van der Waals surface area contributed by atoms with Gasteiger partial charge < -0.3 is 0 Å². The summed E-state index contributed by atoms with van der Waals surface area (Å²) in [7, 11) is 0. The number of aryl methyl sites for hydroxylation is 1. The number of hydrogen-bond acceptors (Lipinski definition) is 2. The van der Waals surface area contributed by atoms with Crippen LogP contribution in [0.4, 0.5) is 0 Å². The van der Waals surface area contributed by atoms with Gasteiger partial charge in [-0.1, -0.05) is 41.9 Å². The number of halogens is 1. The van der Waals surface area contributed by atoms with Crippen molar-refractivity contribution in [3.05, 3.63) is 53.4 Å². The number of nitrogens with zero attached hydrogens (tertiary/aromatic N) is 3. The number of rotatable bonds is 1. The largest absolute Gasteiger partial charge is 0.267 e. The first-order valence-corrected chi connectivity index (χ1v) is 5.69. The fraction of sp³-hybridized carbons (Fsp3) is 0.0769. The van der Waals surface area contributed by atoms with E-state index in [2.05, 4.69) is 9.97 Å². The third-order valence-corrected chi connectivity index (χ3v) is 2.89. The van der Waals surface area contributed by atoms with Gasteiger partial charge in [-0.15, -0.1) is 0 Å². The van der Waals surface area contributed by atoms with E-state index in [1.165, 1.54) is 0 Å². The first-order chi connectivity index (χ1) is 8.25. The van der Waals surface area contributed by atoms with Gasteiger partial charge in [0, 0.05) is 11.3 Å². The Morgan fingerprint density at radius 2 is 1.94 bits per heavy atom. The average Bonchev–Trinajstić information content (AvgIpc) is 2.74. The lowest BCUT2D eigenvalue weighted by Crippen LogP contribution is -1.94. The summed E-state index contributed by atoms with van der Waals surface area (Å²) in [5.74, 6) is 0.818. The molecule has 0 fully saturated rings. The zero-order valence-corrected chi connectivity index (χ0v) is 10.0. The summed E-state index contributed by atoms with van der Waals surface area (Å²) < 4.78 is 1.85. The van der Waals surface area contributed by atoms with Crippen molar-refractivity contribution < 1.29 is 0 Å². The quantitative estimate of drug-likeness (QED) is 0.614. The van der Waals surface area contributed by atoms with Gasteiger partial charge in [0.05, 0.1) is 6.20 Å². The molecule has 3 aromatic rings. The van der Waals surface area contributed by atoms with E-state index in [4.69, 9.17) is 11.6 Å². The second kappa shape index (κ2) is 3.86. The third kappa shape index (κ3) is 1.68. The van der Waals surface area contributed by atoms with Gasteiger partial charge in [-0.05, 0) is 13.0 Å². The van der Waals surface area contributed by atoms with E-state index in [0.29, 0.717) is 5.15 Å². The average molecular weight is 244 g/mol. The van der Waals surface area contributed by atoms with Gasteiger partial charge in [0.2, 0.25) is 0 Å². The van der Waals surface area contributed by atoms with Gasteiger partial charge in [-0.25, -0.2) is 9.97 Å². The lowest BCUT2D eigenvalue weighted by atomic mass is 10.2. The Hall–Kier alpha value is -1.87. The van der Waals surface area contributed by atoms with Crippen LogP contribution in [-0.4, -0.2) is 14.4 Å². The van der Waals surface area contributed by atoms with E-state index in [9.17, 15) is 0 Å². The van der Waals surface area contributed by atoms with Crippen LogP contribution in [0, 0.1) is 6.92 Å². The minimum atomic E-state index is 0.629. The van der Waals surface area contributed by atoms with Crippen molar-refractivity contribution in [1.82, 2.24) is 14.4 Å². The molecular weight excluding hydrogens is 234 g/mol. The van der Waals surface area contributed by atoms with E-state index < -0.39 is 0 Å². The first-order valence-electron chi connectivity index (χ1n) is 5.32. The van der Waals surface area contributed by atoms with E-state index in [-0.39, 0.29) is 0 Å². The molecular formula is C13H10ClN3. The number of hydrogen-bond donors (Lipinski definition) is 0. The maximum Gasteiger partial charge on any atom is 0.158 e. The van der Waals surface area contributed by atoms with Crippen LogP contribution in [0.3, 0.4) is 0 Å². The number of imidazole rings is 1. The molecule has 0 saturated carbocycles. The van der Waals surface area contributed by atoms with Gasteiger partial charge in [0.25, 0.3) is 0 Å². The van der Waals surface area contributed by atoms with Gasteiger partial charge in [-0.3, -0.25) is 4.40 Å². The monoisotopic (exact) mass is 243 g/mol. The predicted molar refractivity (Wildman–Crippen MR) is 68.2 cm³/mol. The lowest BCUT2D eigenvalue weighted by molar-refractivity contribution is 1.09. The molecule has 1 aromatic carbocycles. The first kappa shape index (κ1) is 10.3. The van der Waals surface area contributed by atoms with Crippen molar-refractivity contribution in [1.29, 1.82) is 0 Å². The number of benzene rings is 1. The summed E-state index contributed by atoms with van der Waals surface area (Å²) >= 11 is 6.24. The van der Waals surface area contributed by atoms with Crippen molar-refractivity contribution in [2.75, 3.05) is 0 Å². The van der Waals surface area contributed by atoms with Crippen molar-refractivity contribution in [2.45, 2.75) is 6.92 Å². The number of fused-ring (bicyclic) bond motifs is 1. The van der Waals surface area contributed by atoms with Crippen molar-refractivity contribution in [2.24, 2.45) is 0 Å². The zero-order valence-electron chi connectivity index (χ0n) is 9.26. The van der Waals surface area contributed by atoms with Crippen molar-refractivity contribution in [3.8, 4) is 11.4 Å². The molecule has 3 rings (SSSR count). The van der Waals surface area contributed by atoms with Gasteiger partial charge >= 0.3 is 0 Å². The Labute approximate surface area is 104 Å². The molecule has 0 amide bonds. The van der Waals surface area contributed by atoms with Crippen LogP contribution >= 0.6 is 11.6 Å². The molecule has 17 heavy (non-hydrogen) atoms. The molecule has 0 unspecified atom stereocenters. The van der Waals surface area contributed by atoms with E-state index >= 15 is 0 Å². The second-order valence-corrected chi connectivity index (χ2v) is 4.25. The van der Waals surface area contributed by atoms with Gasteiger partial charge in [0.15, 0.2) is 5.65 Å². The summed E-state index contributed by atoms with van der Waals surface area (Å²) in [5, 5.41) is 0.629. The minimum Gasteiger partial charge on any atom is -0.267 e. The Kier molecular flexibility index (Phi) is 2.34. The van der Waals surface area contributed by atoms with Crippen LogP contribution in [0.15, 0.2) is 42.6 Å². The maximum atomic E-state index is 6.24. The van der Waals surface area contributed by atoms with Crippen LogP contribution < -0.4 is 0 Å². The van der Waals surface area contributed by atoms with E-state index in [0.717, 1.165) is 22.7 Å². The molecule has 0 aliphatic heterocycles. The Morgan fingerprint density at radius 1 is 1.18 bits per heavy atom. The summed E-state index contributed by atoms with van der Waals surface area (Å²) in [5.41, 5.74) is 2.69. The normalized spacial score (nSPS) is 10.9. The molecule has 0 saturated heterocycles. The van der Waals surface area contributed by atoms with Crippen LogP contribution in [0.2, 0.25) is 5.15 Å². The maximum absolute atomic E-state index is 6.24. The smallest absolute Gasteiger partial charge is 0.158 e. The highest BCUT2D eigenvalue weighted by atomic mass is 35.5. The van der Waals surface area contributed by atoms with Crippen LogP contribution in [0.25, 0.3) is 17.0 Å². The van der Waals surface area contributed by atoms with Gasteiger partial charge in [-0.2, -0.15) is 0 Å². The summed E-state index contributed by atoms with van der Waals surface area (Å²) in [6.07, 6.45) is 1.74. The van der Waals surface area contributed by atoms with Crippen LogP contribution in [-0.2, 0) is 0 Å². The molecule has 84 valence electrons. The lowest BCUT2D eigenvalue weighted by Gasteiger charge is -2.04. The van der Waals surface area contributed by atoms with Crippen molar-refractivity contribution >= 4 is 17.2 Å². The standard InChI is InChI=1S/C13H10ClN3/c1-9-7-11(14)17-12(16-9)8-15-13(17)10-5-3-2-4-6-10/h2-8H,1H3. The van der Waals surface area contributed by atoms with E-state index in [1.54, 1.807) is 6.20 Å². The molecule has 3 nitrogen and oxygen atoms in total. The number of aromatic nitrogens is 3. The molecule has 0 radical (unpaired) electrons. The fourth-order valence-electron chi connectivity index (χ4n) is 1.87. The predicted octanol–water partition coefficient (Wildman–Crippen LogP) is 3.36. The fourth-order valence-corrected chi connectivity index (χ4v) is 2.20. The second-order valence-electron chi connectivity index (χ2n) is 3.86. The van der Waals surface area contributed by atoms with E-state index in [1.807, 2.05) is 47.7 Å². The molecule has 0 N–H and O–H groups in total. The third-order valence-electron chi connectivity index (χ3n) is 2.61. The summed E-state index contributed by atoms with van der Waals surface area (Å²) in [6.45, 7) is 1.92. The highest BCUT2D eigenvalue weighted by molar-refractivity contribution is 6.30. The molecule has 4 heteroatoms. The van der Waals surface area contributed by atoms with Crippen molar-refractivity contribution in [3.63, 3.8) is 0 Å². The topological polar surface area (TPSA) is 30.2 Å². The molecule has 0 aliphatic rings. The summed E-state index contributed by atoms with van der Waals surface area (Å²) in [6, 6.07) is 11.8. The SMILES string of the molecule is Cc1cc(Cl)n2c(-c3ccccc3)ncc2n1. The summed E-state index contributed by atoms with van der Waals surface area (Å²) in [4.78, 5) is 8.78. The molecule has 0 spiro atoms. The van der Waals surface area contributed by atoms with Gasteiger partial charge in [0.1, 0.15) is 11.0 Å². The Morgan fingerprint density at radius 3 is 2.71 bits per heavy atom. The Bertz CT molecular complexity index is 674. The molecule has 0 aliphatic carbocycles. The highest BCUT2D eigenvalue weighted by Crippen LogP contribution is 2.23. The highest BCUT2D eigenvalue weighted by Gasteiger charge is 2.10. The van der Waals surface area contributed by atoms with Crippen LogP contribution in [0.5, 0.6) is 0 Å². The molecule has 2 heterocycles.